The topological polar surface area (TPSA) is 20.5 Å². The van der Waals surface area contributed by atoms with Crippen LogP contribution in [0.15, 0.2) is 24.5 Å². The SMILES string of the molecule is Clc1ccc2nc(CN3CCCCC3)cn2c1.[Br-]. The average Bonchev–Trinajstić information content (AvgIpc) is 2.71. The van der Waals surface area contributed by atoms with Crippen LogP contribution >= 0.6 is 11.6 Å². The van der Waals surface area contributed by atoms with E-state index in [0.29, 0.717) is 0 Å². The summed E-state index contributed by atoms with van der Waals surface area (Å²) >= 11 is 5.96. The lowest BCUT2D eigenvalue weighted by Gasteiger charge is -2.25. The van der Waals surface area contributed by atoms with Gasteiger partial charge in [-0.15, -0.1) is 0 Å². The number of halogens is 2. The standard InChI is InChI=1S/C13H16ClN3.BrH/c14-11-4-5-13-15-12(10-17(13)8-11)9-16-6-2-1-3-7-16;/h4-5,8,10H,1-3,6-7,9H2;1H/p-1. The Morgan fingerprint density at radius 1 is 1.11 bits per heavy atom. The van der Waals surface area contributed by atoms with Gasteiger partial charge in [0.2, 0.25) is 0 Å². The van der Waals surface area contributed by atoms with Gasteiger partial charge in [0.15, 0.2) is 0 Å². The molecule has 0 radical (unpaired) electrons. The van der Waals surface area contributed by atoms with Crippen LogP contribution in [0.1, 0.15) is 25.0 Å². The lowest BCUT2D eigenvalue weighted by atomic mass is 10.1. The van der Waals surface area contributed by atoms with Crippen LogP contribution in [-0.2, 0) is 6.54 Å². The summed E-state index contributed by atoms with van der Waals surface area (Å²) in [7, 11) is 0. The second-order valence-electron chi connectivity index (χ2n) is 4.68. The number of pyridine rings is 1. The van der Waals surface area contributed by atoms with Crippen molar-refractivity contribution < 1.29 is 17.0 Å². The molecular weight excluding hydrogens is 314 g/mol. The summed E-state index contributed by atoms with van der Waals surface area (Å²) in [5, 5.41) is 0.749. The highest BCUT2D eigenvalue weighted by Gasteiger charge is 2.12. The van der Waals surface area contributed by atoms with Gasteiger partial charge in [-0.25, -0.2) is 4.98 Å². The molecule has 0 spiro atoms. The zero-order chi connectivity index (χ0) is 11.7. The maximum atomic E-state index is 5.96. The van der Waals surface area contributed by atoms with E-state index in [1.54, 1.807) is 0 Å². The molecule has 0 aromatic carbocycles. The average molecular weight is 330 g/mol. The van der Waals surface area contributed by atoms with Gasteiger partial charge in [-0.05, 0) is 38.1 Å². The Balaban J connectivity index is 0.00000120. The van der Waals surface area contributed by atoms with Crippen molar-refractivity contribution in [2.24, 2.45) is 0 Å². The van der Waals surface area contributed by atoms with Gasteiger partial charge in [-0.2, -0.15) is 0 Å². The predicted octanol–water partition coefficient (Wildman–Crippen LogP) is -0.0224. The number of hydrogen-bond acceptors (Lipinski definition) is 2. The van der Waals surface area contributed by atoms with Crippen LogP contribution in [0.3, 0.4) is 0 Å². The summed E-state index contributed by atoms with van der Waals surface area (Å²) in [6, 6.07) is 3.84. The van der Waals surface area contributed by atoms with Crippen LogP contribution in [0.25, 0.3) is 5.65 Å². The fourth-order valence-electron chi connectivity index (χ4n) is 2.44. The number of fused-ring (bicyclic) bond motifs is 1. The number of rotatable bonds is 2. The van der Waals surface area contributed by atoms with Crippen molar-refractivity contribution in [3.05, 3.63) is 35.2 Å². The molecule has 3 rings (SSSR count). The summed E-state index contributed by atoms with van der Waals surface area (Å²) in [6.45, 7) is 3.36. The van der Waals surface area contributed by atoms with Crippen LogP contribution in [-0.4, -0.2) is 27.4 Å². The number of imidazole rings is 1. The molecule has 1 aliphatic rings. The molecule has 0 atom stereocenters. The van der Waals surface area contributed by atoms with E-state index in [4.69, 9.17) is 11.6 Å². The third-order valence-corrected chi connectivity index (χ3v) is 3.52. The highest BCUT2D eigenvalue weighted by Crippen LogP contribution is 2.15. The first-order chi connectivity index (χ1) is 8.31. The molecule has 98 valence electrons. The molecule has 0 saturated carbocycles. The summed E-state index contributed by atoms with van der Waals surface area (Å²) in [4.78, 5) is 7.09. The molecule has 5 heteroatoms. The lowest BCUT2D eigenvalue weighted by Crippen LogP contribution is -3.00. The number of aromatic nitrogens is 2. The lowest BCUT2D eigenvalue weighted by molar-refractivity contribution is -0.00000353. The molecule has 1 aliphatic heterocycles. The number of piperidine rings is 1. The van der Waals surface area contributed by atoms with E-state index < -0.39 is 0 Å². The Kier molecular flexibility index (Phi) is 4.65. The Hall–Kier alpha value is -0.580. The highest BCUT2D eigenvalue weighted by molar-refractivity contribution is 6.30. The van der Waals surface area contributed by atoms with Crippen molar-refractivity contribution in [1.82, 2.24) is 14.3 Å². The fourth-order valence-corrected chi connectivity index (χ4v) is 2.61. The van der Waals surface area contributed by atoms with Gasteiger partial charge in [-0.1, -0.05) is 18.0 Å². The summed E-state index contributed by atoms with van der Waals surface area (Å²) in [5.41, 5.74) is 2.11. The molecule has 0 unspecified atom stereocenters. The molecule has 2 aromatic heterocycles. The van der Waals surface area contributed by atoms with Gasteiger partial charge in [0.25, 0.3) is 0 Å². The molecule has 0 aliphatic carbocycles. The van der Waals surface area contributed by atoms with Gasteiger partial charge >= 0.3 is 0 Å². The van der Waals surface area contributed by atoms with E-state index in [9.17, 15) is 0 Å². The Labute approximate surface area is 123 Å². The van der Waals surface area contributed by atoms with E-state index in [0.717, 1.165) is 22.9 Å². The smallest absolute Gasteiger partial charge is 0.137 e. The summed E-state index contributed by atoms with van der Waals surface area (Å²) in [6.07, 6.45) is 8.00. The molecule has 2 aromatic rings. The minimum Gasteiger partial charge on any atom is -1.00 e. The molecule has 3 heterocycles. The van der Waals surface area contributed by atoms with Crippen molar-refractivity contribution in [1.29, 1.82) is 0 Å². The first kappa shape index (κ1) is 13.8. The Morgan fingerprint density at radius 2 is 1.89 bits per heavy atom. The first-order valence-corrected chi connectivity index (χ1v) is 6.54. The molecule has 0 amide bonds. The number of nitrogens with zero attached hydrogens (tertiary/aromatic N) is 3. The molecule has 18 heavy (non-hydrogen) atoms. The van der Waals surface area contributed by atoms with E-state index in [1.807, 2.05) is 22.7 Å². The third-order valence-electron chi connectivity index (χ3n) is 3.30. The maximum absolute atomic E-state index is 5.96. The van der Waals surface area contributed by atoms with Gasteiger partial charge in [-0.3, -0.25) is 4.90 Å². The largest absolute Gasteiger partial charge is 1.00 e. The van der Waals surface area contributed by atoms with Crippen LogP contribution in [0.2, 0.25) is 5.02 Å². The van der Waals surface area contributed by atoms with Crippen molar-refractivity contribution >= 4 is 17.2 Å². The quantitative estimate of drug-likeness (QED) is 0.772. The number of hydrogen-bond donors (Lipinski definition) is 0. The summed E-state index contributed by atoms with van der Waals surface area (Å²) < 4.78 is 2.00. The molecule has 0 N–H and O–H groups in total. The zero-order valence-electron chi connectivity index (χ0n) is 10.1. The summed E-state index contributed by atoms with van der Waals surface area (Å²) in [5.74, 6) is 0. The van der Waals surface area contributed by atoms with Crippen molar-refractivity contribution in [3.63, 3.8) is 0 Å². The van der Waals surface area contributed by atoms with Crippen LogP contribution in [0.4, 0.5) is 0 Å². The Morgan fingerprint density at radius 3 is 2.67 bits per heavy atom. The zero-order valence-corrected chi connectivity index (χ0v) is 12.5. The number of likely N-dealkylation sites (tertiary alicyclic amines) is 1. The van der Waals surface area contributed by atoms with Gasteiger partial charge < -0.3 is 21.4 Å². The van der Waals surface area contributed by atoms with E-state index >= 15 is 0 Å². The molecule has 0 bridgehead atoms. The van der Waals surface area contributed by atoms with Gasteiger partial charge in [0, 0.05) is 18.9 Å². The second kappa shape index (κ2) is 6.04. The molecule has 1 saturated heterocycles. The van der Waals surface area contributed by atoms with Crippen LogP contribution < -0.4 is 17.0 Å². The molecule has 3 nitrogen and oxygen atoms in total. The first-order valence-electron chi connectivity index (χ1n) is 6.17. The van der Waals surface area contributed by atoms with Gasteiger partial charge in [0.1, 0.15) is 5.65 Å². The third kappa shape index (κ3) is 3.05. The van der Waals surface area contributed by atoms with Crippen LogP contribution in [0, 0.1) is 0 Å². The highest BCUT2D eigenvalue weighted by atomic mass is 79.9. The van der Waals surface area contributed by atoms with E-state index in [1.165, 1.54) is 32.4 Å². The van der Waals surface area contributed by atoms with Crippen molar-refractivity contribution in [2.75, 3.05) is 13.1 Å². The normalized spacial score (nSPS) is 16.7. The fraction of sp³-hybridized carbons (Fsp3) is 0.462. The van der Waals surface area contributed by atoms with E-state index in [2.05, 4.69) is 16.1 Å². The minimum atomic E-state index is 0. The van der Waals surface area contributed by atoms with E-state index in [-0.39, 0.29) is 17.0 Å². The predicted molar refractivity (Wildman–Crippen MR) is 69.3 cm³/mol. The van der Waals surface area contributed by atoms with Crippen LogP contribution in [0.5, 0.6) is 0 Å². The van der Waals surface area contributed by atoms with Gasteiger partial charge in [0.05, 0.1) is 10.7 Å². The Bertz CT molecular complexity index is 520. The second-order valence-corrected chi connectivity index (χ2v) is 5.12. The van der Waals surface area contributed by atoms with Crippen molar-refractivity contribution in [3.8, 4) is 0 Å². The maximum Gasteiger partial charge on any atom is 0.137 e. The minimum absolute atomic E-state index is 0. The van der Waals surface area contributed by atoms with Crippen molar-refractivity contribution in [2.45, 2.75) is 25.8 Å². The molecular formula is C13H16BrClN3-. The molecule has 1 fully saturated rings. The monoisotopic (exact) mass is 328 g/mol.